The molecule has 1 atom stereocenters. The van der Waals surface area contributed by atoms with Crippen LogP contribution in [0, 0.1) is 0 Å². The number of esters is 1. The smallest absolute Gasteiger partial charge is 0.325 e. The van der Waals surface area contributed by atoms with E-state index in [-0.39, 0.29) is 12.5 Å². The molecule has 1 rings (SSSR count). The van der Waals surface area contributed by atoms with Gasteiger partial charge in [0, 0.05) is 17.1 Å². The summed E-state index contributed by atoms with van der Waals surface area (Å²) in [6, 6.07) is 7.08. The first kappa shape index (κ1) is 16.0. The molecule has 0 aliphatic rings. The molecule has 1 aromatic rings. The zero-order chi connectivity index (χ0) is 14.5. The minimum absolute atomic E-state index is 0.218. The Balaban J connectivity index is 2.61. The first-order valence-electron chi connectivity index (χ1n) is 6.23. The van der Waals surface area contributed by atoms with Crippen molar-refractivity contribution in [2.24, 2.45) is 0 Å². The van der Waals surface area contributed by atoms with Crippen LogP contribution in [-0.4, -0.2) is 29.8 Å². The molecule has 0 fully saturated rings. The van der Waals surface area contributed by atoms with Crippen LogP contribution in [0.1, 0.15) is 32.4 Å². The van der Waals surface area contributed by atoms with Crippen molar-refractivity contribution in [3.63, 3.8) is 0 Å². The SMILES string of the molecule is CCOC(=O)C(C)(C)NCC(O)c1ccccc1Cl. The van der Waals surface area contributed by atoms with E-state index < -0.39 is 11.6 Å². The molecule has 2 N–H and O–H groups in total. The molecule has 4 nitrogen and oxygen atoms in total. The van der Waals surface area contributed by atoms with Crippen molar-refractivity contribution >= 4 is 17.6 Å². The van der Waals surface area contributed by atoms with Crippen LogP contribution in [0.4, 0.5) is 0 Å². The van der Waals surface area contributed by atoms with Gasteiger partial charge in [-0.1, -0.05) is 29.8 Å². The van der Waals surface area contributed by atoms with Gasteiger partial charge in [-0.15, -0.1) is 0 Å². The van der Waals surface area contributed by atoms with Gasteiger partial charge in [-0.3, -0.25) is 10.1 Å². The van der Waals surface area contributed by atoms with Gasteiger partial charge in [0.2, 0.25) is 0 Å². The molecule has 0 spiro atoms. The van der Waals surface area contributed by atoms with Crippen LogP contribution in [0.3, 0.4) is 0 Å². The number of benzene rings is 1. The van der Waals surface area contributed by atoms with Gasteiger partial charge in [0.05, 0.1) is 12.7 Å². The van der Waals surface area contributed by atoms with Crippen molar-refractivity contribution in [1.29, 1.82) is 0 Å². The van der Waals surface area contributed by atoms with Crippen LogP contribution in [0.25, 0.3) is 0 Å². The molecule has 5 heteroatoms. The predicted octanol–water partition coefficient (Wildman–Crippen LogP) is 2.30. The second-order valence-corrected chi connectivity index (χ2v) is 5.17. The van der Waals surface area contributed by atoms with E-state index in [1.54, 1.807) is 45.0 Å². The van der Waals surface area contributed by atoms with Crippen LogP contribution < -0.4 is 5.32 Å². The van der Waals surface area contributed by atoms with Crippen molar-refractivity contribution in [3.8, 4) is 0 Å². The maximum Gasteiger partial charge on any atom is 0.325 e. The highest BCUT2D eigenvalue weighted by molar-refractivity contribution is 6.31. The number of halogens is 1. The fourth-order valence-electron chi connectivity index (χ4n) is 1.59. The summed E-state index contributed by atoms with van der Waals surface area (Å²) in [5.74, 6) is -0.346. The maximum absolute atomic E-state index is 11.7. The van der Waals surface area contributed by atoms with Gasteiger partial charge >= 0.3 is 5.97 Å². The molecule has 0 bridgehead atoms. The van der Waals surface area contributed by atoms with Crippen LogP contribution in [0.2, 0.25) is 5.02 Å². The highest BCUT2D eigenvalue weighted by Gasteiger charge is 2.29. The van der Waals surface area contributed by atoms with Crippen molar-refractivity contribution < 1.29 is 14.6 Å². The molecular weight excluding hydrogens is 266 g/mol. The van der Waals surface area contributed by atoms with Gasteiger partial charge < -0.3 is 9.84 Å². The topological polar surface area (TPSA) is 58.6 Å². The Labute approximate surface area is 118 Å². The Hall–Kier alpha value is -1.10. The minimum atomic E-state index is -0.849. The van der Waals surface area contributed by atoms with Crippen molar-refractivity contribution in [1.82, 2.24) is 5.32 Å². The van der Waals surface area contributed by atoms with E-state index in [2.05, 4.69) is 5.32 Å². The molecule has 0 saturated carbocycles. The molecule has 0 amide bonds. The number of carbonyl (C=O) groups excluding carboxylic acids is 1. The van der Waals surface area contributed by atoms with Crippen LogP contribution >= 0.6 is 11.6 Å². The molecule has 1 unspecified atom stereocenters. The quantitative estimate of drug-likeness (QED) is 0.788. The number of β-amino-alcohol motifs (C(OH)–C–C–N with tert-alkyl or cyclic N) is 1. The Morgan fingerprint density at radius 3 is 2.68 bits per heavy atom. The molecular formula is C14H20ClNO3. The first-order valence-corrected chi connectivity index (χ1v) is 6.61. The summed E-state index contributed by atoms with van der Waals surface area (Å²) in [6.07, 6.45) is -0.776. The van der Waals surface area contributed by atoms with Gasteiger partial charge in [0.1, 0.15) is 5.54 Å². The number of aliphatic hydroxyl groups excluding tert-OH is 1. The summed E-state index contributed by atoms with van der Waals surface area (Å²) >= 11 is 6.00. The third kappa shape index (κ3) is 4.49. The van der Waals surface area contributed by atoms with Gasteiger partial charge in [-0.25, -0.2) is 0 Å². The van der Waals surface area contributed by atoms with Crippen LogP contribution in [-0.2, 0) is 9.53 Å². The average molecular weight is 286 g/mol. The molecule has 0 aliphatic carbocycles. The number of ether oxygens (including phenoxy) is 1. The summed E-state index contributed by atoms with van der Waals surface area (Å²) in [6.45, 7) is 5.73. The lowest BCUT2D eigenvalue weighted by Gasteiger charge is -2.25. The number of hydrogen-bond acceptors (Lipinski definition) is 4. The van der Waals surface area contributed by atoms with Crippen molar-refractivity contribution in [3.05, 3.63) is 34.9 Å². The highest BCUT2D eigenvalue weighted by atomic mass is 35.5. The zero-order valence-electron chi connectivity index (χ0n) is 11.4. The maximum atomic E-state index is 11.7. The molecule has 19 heavy (non-hydrogen) atoms. The van der Waals surface area contributed by atoms with E-state index in [0.717, 1.165) is 0 Å². The van der Waals surface area contributed by atoms with E-state index in [9.17, 15) is 9.90 Å². The molecule has 0 saturated heterocycles. The summed E-state index contributed by atoms with van der Waals surface area (Å²) in [4.78, 5) is 11.7. The normalized spacial score (nSPS) is 13.1. The largest absolute Gasteiger partial charge is 0.465 e. The Morgan fingerprint density at radius 1 is 1.47 bits per heavy atom. The predicted molar refractivity (Wildman–Crippen MR) is 75.1 cm³/mol. The van der Waals surface area contributed by atoms with Gasteiger partial charge in [-0.2, -0.15) is 0 Å². The Morgan fingerprint density at radius 2 is 2.11 bits per heavy atom. The lowest BCUT2D eigenvalue weighted by molar-refractivity contribution is -0.149. The second-order valence-electron chi connectivity index (χ2n) is 4.76. The molecule has 1 aromatic carbocycles. The number of aliphatic hydroxyl groups is 1. The van der Waals surface area contributed by atoms with E-state index in [0.29, 0.717) is 17.2 Å². The number of nitrogens with one attached hydrogen (secondary N) is 1. The summed E-state index contributed by atoms with van der Waals surface area (Å²) in [5.41, 5.74) is -0.213. The third-order valence-corrected chi connectivity index (χ3v) is 3.13. The lowest BCUT2D eigenvalue weighted by Crippen LogP contribution is -2.49. The molecule has 0 radical (unpaired) electrons. The zero-order valence-corrected chi connectivity index (χ0v) is 12.2. The summed E-state index contributed by atoms with van der Waals surface area (Å²) in [5, 5.41) is 13.6. The van der Waals surface area contributed by atoms with Crippen LogP contribution in [0.15, 0.2) is 24.3 Å². The number of hydrogen-bond donors (Lipinski definition) is 2. The van der Waals surface area contributed by atoms with E-state index in [4.69, 9.17) is 16.3 Å². The number of rotatable bonds is 6. The summed E-state index contributed by atoms with van der Waals surface area (Å²) < 4.78 is 4.96. The van der Waals surface area contributed by atoms with E-state index >= 15 is 0 Å². The molecule has 0 aliphatic heterocycles. The molecule has 0 heterocycles. The van der Waals surface area contributed by atoms with E-state index in [1.165, 1.54) is 0 Å². The van der Waals surface area contributed by atoms with Crippen molar-refractivity contribution in [2.45, 2.75) is 32.4 Å². The Bertz CT molecular complexity index is 434. The monoisotopic (exact) mass is 285 g/mol. The minimum Gasteiger partial charge on any atom is -0.465 e. The standard InChI is InChI=1S/C14H20ClNO3/c1-4-19-13(18)14(2,3)16-9-12(17)10-7-5-6-8-11(10)15/h5-8,12,16-17H,4,9H2,1-3H3. The summed E-state index contributed by atoms with van der Waals surface area (Å²) in [7, 11) is 0. The molecule has 0 aromatic heterocycles. The van der Waals surface area contributed by atoms with E-state index in [1.807, 2.05) is 0 Å². The first-order chi connectivity index (χ1) is 8.88. The fraction of sp³-hybridized carbons (Fsp3) is 0.500. The van der Waals surface area contributed by atoms with Gasteiger partial charge in [0.25, 0.3) is 0 Å². The van der Waals surface area contributed by atoms with Gasteiger partial charge in [0.15, 0.2) is 0 Å². The van der Waals surface area contributed by atoms with Crippen molar-refractivity contribution in [2.75, 3.05) is 13.2 Å². The fourth-order valence-corrected chi connectivity index (χ4v) is 1.85. The lowest BCUT2D eigenvalue weighted by atomic mass is 10.0. The third-order valence-electron chi connectivity index (χ3n) is 2.79. The molecule has 106 valence electrons. The second kappa shape index (κ2) is 6.89. The highest BCUT2D eigenvalue weighted by Crippen LogP contribution is 2.22. The van der Waals surface area contributed by atoms with Gasteiger partial charge in [-0.05, 0) is 26.8 Å². The average Bonchev–Trinajstić information content (AvgIpc) is 2.37. The Kier molecular flexibility index (Phi) is 5.79. The number of carbonyl (C=O) groups is 1. The van der Waals surface area contributed by atoms with Crippen LogP contribution in [0.5, 0.6) is 0 Å².